The van der Waals surface area contributed by atoms with E-state index in [2.05, 4.69) is 36.4 Å². The van der Waals surface area contributed by atoms with E-state index in [0.717, 1.165) is 27.0 Å². The van der Waals surface area contributed by atoms with Gasteiger partial charge in [-0.1, -0.05) is 39.0 Å². The summed E-state index contributed by atoms with van der Waals surface area (Å²) < 4.78 is 0.142. The number of thioether (sulfide) groups is 1. The smallest absolute Gasteiger partial charge is 0.319 e. The lowest BCUT2D eigenvalue weighted by atomic mass is 10.1. The fraction of sp³-hybridized carbons (Fsp3) is 0.318. The molecule has 0 aliphatic heterocycles. The summed E-state index contributed by atoms with van der Waals surface area (Å²) in [5.41, 5.74) is 2.84. The van der Waals surface area contributed by atoms with E-state index in [-0.39, 0.29) is 23.4 Å². The standard InChI is InChI=1S/C22H27N3O2S/c1-22(2,3)28-18-10-8-16(9-11-18)24-21(27)25-17(14-26)12-15-13-23-20-7-5-4-6-19(15)20/h4-11,13,17,23,26H,12,14H2,1-3H3,(H2,24,25,27). The van der Waals surface area contributed by atoms with Crippen LogP contribution >= 0.6 is 11.8 Å². The van der Waals surface area contributed by atoms with Crippen molar-refractivity contribution in [1.82, 2.24) is 10.3 Å². The van der Waals surface area contributed by atoms with Crippen molar-refractivity contribution < 1.29 is 9.90 Å². The van der Waals surface area contributed by atoms with Crippen molar-refractivity contribution in [1.29, 1.82) is 0 Å². The third kappa shape index (κ3) is 5.53. The molecule has 1 heterocycles. The zero-order chi connectivity index (χ0) is 20.1. The predicted molar refractivity (Wildman–Crippen MR) is 117 cm³/mol. The highest BCUT2D eigenvalue weighted by Crippen LogP contribution is 2.32. The normalized spacial score (nSPS) is 12.7. The maximum Gasteiger partial charge on any atom is 0.319 e. The number of hydrogen-bond acceptors (Lipinski definition) is 3. The van der Waals surface area contributed by atoms with Crippen LogP contribution in [0.5, 0.6) is 0 Å². The number of benzene rings is 2. The molecule has 0 aliphatic carbocycles. The van der Waals surface area contributed by atoms with Crippen LogP contribution in [-0.4, -0.2) is 33.5 Å². The molecule has 1 aromatic heterocycles. The molecule has 3 aromatic rings. The highest BCUT2D eigenvalue weighted by molar-refractivity contribution is 8.00. The number of aromatic nitrogens is 1. The Morgan fingerprint density at radius 3 is 2.54 bits per heavy atom. The van der Waals surface area contributed by atoms with Crippen molar-refractivity contribution in [3.05, 3.63) is 60.3 Å². The number of hydrogen-bond donors (Lipinski definition) is 4. The van der Waals surface area contributed by atoms with Crippen LogP contribution in [0.2, 0.25) is 0 Å². The molecule has 0 radical (unpaired) electrons. The molecule has 0 saturated heterocycles. The van der Waals surface area contributed by atoms with Crippen molar-refractivity contribution in [2.45, 2.75) is 42.9 Å². The zero-order valence-electron chi connectivity index (χ0n) is 16.5. The Hall–Kier alpha value is -2.44. The largest absolute Gasteiger partial charge is 0.394 e. The van der Waals surface area contributed by atoms with E-state index < -0.39 is 0 Å². The first-order valence-corrected chi connectivity index (χ1v) is 10.2. The Balaban J connectivity index is 1.58. The number of rotatable bonds is 6. The van der Waals surface area contributed by atoms with Crippen molar-refractivity contribution >= 4 is 34.4 Å². The van der Waals surface area contributed by atoms with Gasteiger partial charge in [0, 0.05) is 32.4 Å². The molecule has 0 fully saturated rings. The molecule has 28 heavy (non-hydrogen) atoms. The molecule has 1 unspecified atom stereocenters. The lowest BCUT2D eigenvalue weighted by Crippen LogP contribution is -2.41. The first kappa shape index (κ1) is 20.3. The Morgan fingerprint density at radius 1 is 1.14 bits per heavy atom. The average Bonchev–Trinajstić information content (AvgIpc) is 3.04. The molecular formula is C22H27N3O2S. The number of aliphatic hydroxyl groups excluding tert-OH is 1. The number of anilines is 1. The molecule has 4 N–H and O–H groups in total. The van der Waals surface area contributed by atoms with Gasteiger partial charge in [0.1, 0.15) is 0 Å². The van der Waals surface area contributed by atoms with Crippen molar-refractivity contribution in [3.63, 3.8) is 0 Å². The van der Waals surface area contributed by atoms with Crippen LogP contribution in [0, 0.1) is 0 Å². The maximum atomic E-state index is 12.3. The minimum Gasteiger partial charge on any atom is -0.394 e. The van der Waals surface area contributed by atoms with E-state index in [1.165, 1.54) is 0 Å². The highest BCUT2D eigenvalue weighted by atomic mass is 32.2. The van der Waals surface area contributed by atoms with Gasteiger partial charge in [0.2, 0.25) is 0 Å². The molecule has 2 aromatic carbocycles. The van der Waals surface area contributed by atoms with Crippen molar-refractivity contribution in [2.24, 2.45) is 0 Å². The molecule has 0 aliphatic rings. The van der Waals surface area contributed by atoms with Gasteiger partial charge >= 0.3 is 6.03 Å². The third-order valence-electron chi connectivity index (χ3n) is 4.23. The lowest BCUT2D eigenvalue weighted by Gasteiger charge is -2.18. The van der Waals surface area contributed by atoms with Gasteiger partial charge in [-0.3, -0.25) is 0 Å². The number of amides is 2. The van der Waals surface area contributed by atoms with Gasteiger partial charge in [0.15, 0.2) is 0 Å². The lowest BCUT2D eigenvalue weighted by molar-refractivity contribution is 0.224. The van der Waals surface area contributed by atoms with E-state index in [1.807, 2.05) is 54.7 Å². The number of carbonyl (C=O) groups excluding carboxylic acids is 1. The second-order valence-electron chi connectivity index (χ2n) is 7.78. The molecule has 5 nitrogen and oxygen atoms in total. The number of para-hydroxylation sites is 1. The number of aromatic amines is 1. The van der Waals surface area contributed by atoms with Gasteiger partial charge in [-0.15, -0.1) is 11.8 Å². The van der Waals surface area contributed by atoms with Gasteiger partial charge < -0.3 is 20.7 Å². The van der Waals surface area contributed by atoms with E-state index in [4.69, 9.17) is 0 Å². The summed E-state index contributed by atoms with van der Waals surface area (Å²) in [4.78, 5) is 16.7. The molecule has 2 amide bonds. The molecular weight excluding hydrogens is 370 g/mol. The van der Waals surface area contributed by atoms with Crippen LogP contribution < -0.4 is 10.6 Å². The van der Waals surface area contributed by atoms with E-state index in [1.54, 1.807) is 11.8 Å². The van der Waals surface area contributed by atoms with Crippen molar-refractivity contribution in [2.75, 3.05) is 11.9 Å². The van der Waals surface area contributed by atoms with Gasteiger partial charge in [-0.2, -0.15) is 0 Å². The van der Waals surface area contributed by atoms with Gasteiger partial charge in [0.05, 0.1) is 12.6 Å². The first-order valence-electron chi connectivity index (χ1n) is 9.36. The van der Waals surface area contributed by atoms with Crippen molar-refractivity contribution in [3.8, 4) is 0 Å². The van der Waals surface area contributed by atoms with Gasteiger partial charge in [-0.05, 0) is 42.3 Å². The van der Waals surface area contributed by atoms with E-state index >= 15 is 0 Å². The monoisotopic (exact) mass is 397 g/mol. The number of fused-ring (bicyclic) bond motifs is 1. The SMILES string of the molecule is CC(C)(C)Sc1ccc(NC(=O)NC(CO)Cc2c[nH]c3ccccc23)cc1. The van der Waals surface area contributed by atoms with Gasteiger partial charge in [0.25, 0.3) is 0 Å². The third-order valence-corrected chi connectivity index (χ3v) is 5.35. The van der Waals surface area contributed by atoms with Crippen LogP contribution in [0.3, 0.4) is 0 Å². The zero-order valence-corrected chi connectivity index (χ0v) is 17.3. The number of nitrogens with one attached hydrogen (secondary N) is 3. The predicted octanol–water partition coefficient (Wildman–Crippen LogP) is 4.78. The van der Waals surface area contributed by atoms with E-state index in [0.29, 0.717) is 6.42 Å². The van der Waals surface area contributed by atoms with Crippen LogP contribution in [0.15, 0.2) is 59.6 Å². The average molecular weight is 398 g/mol. The summed E-state index contributed by atoms with van der Waals surface area (Å²) in [6, 6.07) is 15.1. The Morgan fingerprint density at radius 2 is 1.86 bits per heavy atom. The molecule has 6 heteroatoms. The summed E-state index contributed by atoms with van der Waals surface area (Å²) in [7, 11) is 0. The Bertz CT molecular complexity index is 929. The number of H-pyrrole nitrogens is 1. The summed E-state index contributed by atoms with van der Waals surface area (Å²) in [5.74, 6) is 0. The number of aliphatic hydroxyl groups is 1. The summed E-state index contributed by atoms with van der Waals surface area (Å²) in [6.45, 7) is 6.37. The quantitative estimate of drug-likeness (QED) is 0.452. The van der Waals surface area contributed by atoms with Crippen LogP contribution in [-0.2, 0) is 6.42 Å². The second kappa shape index (κ2) is 8.71. The van der Waals surface area contributed by atoms with Gasteiger partial charge in [-0.25, -0.2) is 4.79 Å². The Kier molecular flexibility index (Phi) is 6.31. The fourth-order valence-corrected chi connectivity index (χ4v) is 4.02. The maximum absolute atomic E-state index is 12.3. The fourth-order valence-electron chi connectivity index (χ4n) is 3.04. The second-order valence-corrected chi connectivity index (χ2v) is 9.68. The van der Waals surface area contributed by atoms with Crippen LogP contribution in [0.1, 0.15) is 26.3 Å². The molecule has 3 rings (SSSR count). The minimum absolute atomic E-state index is 0.131. The molecule has 0 spiro atoms. The topological polar surface area (TPSA) is 77.2 Å². The molecule has 0 saturated carbocycles. The summed E-state index contributed by atoms with van der Waals surface area (Å²) in [6.07, 6.45) is 2.48. The number of carbonyl (C=O) groups is 1. The summed E-state index contributed by atoms with van der Waals surface area (Å²) >= 11 is 1.78. The van der Waals surface area contributed by atoms with Crippen LogP contribution in [0.25, 0.3) is 10.9 Å². The molecule has 0 bridgehead atoms. The molecule has 148 valence electrons. The Labute approximate surface area is 169 Å². The number of urea groups is 1. The summed E-state index contributed by atoms with van der Waals surface area (Å²) in [5, 5.41) is 16.5. The minimum atomic E-state index is -0.366. The highest BCUT2D eigenvalue weighted by Gasteiger charge is 2.15. The first-order chi connectivity index (χ1) is 13.3. The van der Waals surface area contributed by atoms with Crippen LogP contribution in [0.4, 0.5) is 10.5 Å². The van der Waals surface area contributed by atoms with E-state index in [9.17, 15) is 9.90 Å². The molecule has 1 atom stereocenters.